The Bertz CT molecular complexity index is 473. The molecule has 1 heteroatoms. The third-order valence-corrected chi connectivity index (χ3v) is 3.51. The zero-order valence-electron chi connectivity index (χ0n) is 12.1. The van der Waals surface area contributed by atoms with Gasteiger partial charge < -0.3 is 5.32 Å². The fourth-order valence-electron chi connectivity index (χ4n) is 2.27. The van der Waals surface area contributed by atoms with Gasteiger partial charge in [0.1, 0.15) is 0 Å². The van der Waals surface area contributed by atoms with Gasteiger partial charge in [0.05, 0.1) is 0 Å². The minimum absolute atomic E-state index is 0.879. The Balaban J connectivity index is 1.76. The zero-order chi connectivity index (χ0) is 14.0. The zero-order valence-corrected chi connectivity index (χ0v) is 12.1. The quantitative estimate of drug-likeness (QED) is 0.645. The van der Waals surface area contributed by atoms with Gasteiger partial charge in [-0.05, 0) is 36.1 Å². The number of unbranched alkanes of at least 4 members (excludes halogenated alkanes) is 3. The first-order chi connectivity index (χ1) is 9.88. The Morgan fingerprint density at radius 2 is 1.50 bits per heavy atom. The molecule has 20 heavy (non-hydrogen) atoms. The summed E-state index contributed by atoms with van der Waals surface area (Å²) in [5.41, 5.74) is 3.93. The molecule has 0 aliphatic rings. The third kappa shape index (κ3) is 5.08. The summed E-state index contributed by atoms with van der Waals surface area (Å²) in [5, 5.41) is 3.46. The van der Waals surface area contributed by atoms with Gasteiger partial charge in [-0.25, -0.2) is 0 Å². The van der Waals surface area contributed by atoms with Crippen LogP contribution in [0.2, 0.25) is 0 Å². The number of rotatable bonds is 8. The predicted molar refractivity (Wildman–Crippen MR) is 87.7 cm³/mol. The van der Waals surface area contributed by atoms with E-state index < -0.39 is 0 Å². The first-order valence-electron chi connectivity index (χ1n) is 7.54. The molecular weight excluding hydrogens is 242 g/mol. The Morgan fingerprint density at radius 3 is 2.20 bits per heavy atom. The molecule has 0 fully saturated rings. The van der Waals surface area contributed by atoms with Crippen molar-refractivity contribution in [3.63, 3.8) is 0 Å². The van der Waals surface area contributed by atoms with Crippen LogP contribution in [-0.4, -0.2) is 0 Å². The molecule has 0 aromatic heterocycles. The third-order valence-electron chi connectivity index (χ3n) is 3.51. The van der Waals surface area contributed by atoms with Gasteiger partial charge in [-0.2, -0.15) is 0 Å². The SMILES string of the molecule is [CH2]CCCCCc1ccc(NCc2ccccc2)cc1. The molecule has 0 saturated heterocycles. The maximum absolute atomic E-state index is 3.88. The second kappa shape index (κ2) is 8.42. The lowest BCUT2D eigenvalue weighted by atomic mass is 10.1. The minimum Gasteiger partial charge on any atom is -0.381 e. The smallest absolute Gasteiger partial charge is 0.0400 e. The fraction of sp³-hybridized carbons (Fsp3) is 0.316. The molecule has 0 saturated carbocycles. The second-order valence-electron chi connectivity index (χ2n) is 5.20. The molecule has 0 aliphatic carbocycles. The molecule has 105 valence electrons. The van der Waals surface area contributed by atoms with Gasteiger partial charge in [0.15, 0.2) is 0 Å². The van der Waals surface area contributed by atoms with Crippen LogP contribution in [0.4, 0.5) is 5.69 Å². The summed E-state index contributed by atoms with van der Waals surface area (Å²) < 4.78 is 0. The molecule has 2 aromatic rings. The van der Waals surface area contributed by atoms with E-state index in [1.54, 1.807) is 0 Å². The maximum atomic E-state index is 3.88. The first kappa shape index (κ1) is 14.6. The normalized spacial score (nSPS) is 10.4. The summed E-state index contributed by atoms with van der Waals surface area (Å²) in [6.45, 7) is 4.76. The lowest BCUT2D eigenvalue weighted by Gasteiger charge is -2.08. The van der Waals surface area contributed by atoms with Crippen LogP contribution in [0.5, 0.6) is 0 Å². The van der Waals surface area contributed by atoms with Crippen molar-refractivity contribution in [2.45, 2.75) is 38.6 Å². The Kier molecular flexibility index (Phi) is 6.16. The van der Waals surface area contributed by atoms with Crippen LogP contribution in [0.15, 0.2) is 54.6 Å². The van der Waals surface area contributed by atoms with E-state index in [2.05, 4.69) is 60.8 Å². The van der Waals surface area contributed by atoms with Crippen LogP contribution >= 0.6 is 0 Å². The van der Waals surface area contributed by atoms with Gasteiger partial charge in [0.2, 0.25) is 0 Å². The summed E-state index contributed by atoms with van der Waals surface area (Å²) in [7, 11) is 0. The number of nitrogens with one attached hydrogen (secondary N) is 1. The number of aryl methyl sites for hydroxylation is 1. The highest BCUT2D eigenvalue weighted by atomic mass is 14.9. The Labute approximate surface area is 123 Å². The van der Waals surface area contributed by atoms with Crippen molar-refractivity contribution in [3.8, 4) is 0 Å². The average Bonchev–Trinajstić information content (AvgIpc) is 2.52. The second-order valence-corrected chi connectivity index (χ2v) is 5.20. The standard InChI is InChI=1S/C19H24N/c1-2-3-4-6-9-17-12-14-19(15-13-17)20-16-18-10-7-5-8-11-18/h5,7-8,10-15,20H,1-4,6,9,16H2. The molecule has 2 rings (SSSR count). The number of hydrogen-bond acceptors (Lipinski definition) is 1. The van der Waals surface area contributed by atoms with E-state index in [0.29, 0.717) is 0 Å². The number of anilines is 1. The molecular formula is C19H24N. The van der Waals surface area contributed by atoms with Crippen molar-refractivity contribution in [3.05, 3.63) is 72.6 Å². The van der Waals surface area contributed by atoms with Gasteiger partial charge in [-0.3, -0.25) is 0 Å². The van der Waals surface area contributed by atoms with Crippen molar-refractivity contribution in [1.82, 2.24) is 0 Å². The lowest BCUT2D eigenvalue weighted by molar-refractivity contribution is 0.686. The maximum Gasteiger partial charge on any atom is 0.0400 e. The van der Waals surface area contributed by atoms with E-state index in [9.17, 15) is 0 Å². The first-order valence-corrected chi connectivity index (χ1v) is 7.54. The van der Waals surface area contributed by atoms with Crippen molar-refractivity contribution < 1.29 is 0 Å². The van der Waals surface area contributed by atoms with Crippen LogP contribution in [0.3, 0.4) is 0 Å². The van der Waals surface area contributed by atoms with Crippen LogP contribution in [0.25, 0.3) is 0 Å². The van der Waals surface area contributed by atoms with Gasteiger partial charge in [-0.15, -0.1) is 0 Å². The highest BCUT2D eigenvalue weighted by Gasteiger charge is 1.96. The Morgan fingerprint density at radius 1 is 0.750 bits per heavy atom. The monoisotopic (exact) mass is 266 g/mol. The average molecular weight is 266 g/mol. The molecule has 0 atom stereocenters. The van der Waals surface area contributed by atoms with Gasteiger partial charge in [-0.1, -0.05) is 68.7 Å². The molecule has 2 aromatic carbocycles. The van der Waals surface area contributed by atoms with Crippen molar-refractivity contribution in [2.75, 3.05) is 5.32 Å². The van der Waals surface area contributed by atoms with E-state index in [1.165, 1.54) is 42.5 Å². The van der Waals surface area contributed by atoms with E-state index in [0.717, 1.165) is 13.0 Å². The molecule has 0 bridgehead atoms. The molecule has 0 aliphatic heterocycles. The van der Waals surface area contributed by atoms with Crippen molar-refractivity contribution in [1.29, 1.82) is 0 Å². The highest BCUT2D eigenvalue weighted by Crippen LogP contribution is 2.13. The van der Waals surface area contributed by atoms with Gasteiger partial charge in [0.25, 0.3) is 0 Å². The molecule has 0 unspecified atom stereocenters. The van der Waals surface area contributed by atoms with Gasteiger partial charge >= 0.3 is 0 Å². The van der Waals surface area contributed by atoms with Gasteiger partial charge in [0, 0.05) is 12.2 Å². The topological polar surface area (TPSA) is 12.0 Å². The largest absolute Gasteiger partial charge is 0.381 e. The predicted octanol–water partition coefficient (Wildman–Crippen LogP) is 5.24. The van der Waals surface area contributed by atoms with Crippen LogP contribution in [-0.2, 0) is 13.0 Å². The summed E-state index contributed by atoms with van der Waals surface area (Å²) >= 11 is 0. The van der Waals surface area contributed by atoms with Crippen LogP contribution < -0.4 is 5.32 Å². The molecule has 0 amide bonds. The fourth-order valence-corrected chi connectivity index (χ4v) is 2.27. The van der Waals surface area contributed by atoms with Crippen LogP contribution in [0.1, 0.15) is 36.8 Å². The van der Waals surface area contributed by atoms with Crippen molar-refractivity contribution in [2.24, 2.45) is 0 Å². The van der Waals surface area contributed by atoms with E-state index in [4.69, 9.17) is 0 Å². The molecule has 1 N–H and O–H groups in total. The molecule has 0 heterocycles. The number of benzene rings is 2. The van der Waals surface area contributed by atoms with Crippen molar-refractivity contribution >= 4 is 5.69 Å². The Hall–Kier alpha value is -1.76. The lowest BCUT2D eigenvalue weighted by Crippen LogP contribution is -1.99. The molecule has 0 spiro atoms. The van der Waals surface area contributed by atoms with Crippen LogP contribution in [0, 0.1) is 6.92 Å². The summed E-state index contributed by atoms with van der Waals surface area (Å²) in [6.07, 6.45) is 6.04. The van der Waals surface area contributed by atoms with E-state index in [1.807, 2.05) is 6.07 Å². The summed E-state index contributed by atoms with van der Waals surface area (Å²) in [5.74, 6) is 0. The molecule has 1 radical (unpaired) electrons. The molecule has 1 nitrogen and oxygen atoms in total. The summed E-state index contributed by atoms with van der Waals surface area (Å²) in [4.78, 5) is 0. The van der Waals surface area contributed by atoms with E-state index in [-0.39, 0.29) is 0 Å². The number of hydrogen-bond donors (Lipinski definition) is 1. The van der Waals surface area contributed by atoms with E-state index >= 15 is 0 Å². The minimum atomic E-state index is 0.879. The summed E-state index contributed by atoms with van der Waals surface area (Å²) in [6, 6.07) is 19.3. The highest BCUT2D eigenvalue weighted by molar-refractivity contribution is 5.45.